The number of esters is 2. The first-order valence-electron chi connectivity index (χ1n) is 2.98. The highest BCUT2D eigenvalue weighted by molar-refractivity contribution is 7.55. The third-order valence-electron chi connectivity index (χ3n) is 0.795. The van der Waals surface area contributed by atoms with Crippen molar-refractivity contribution in [2.45, 2.75) is 0 Å². The second-order valence-electron chi connectivity index (χ2n) is 1.85. The molecule has 0 spiro atoms. The SMILES string of the molecule is C=CP(=O)(O)O.O=C1C=CC(=O)O1. The molecular weight excluding hydrogens is 199 g/mol. The van der Waals surface area contributed by atoms with E-state index in [9.17, 15) is 14.2 Å². The predicted octanol–water partition coefficient (Wildman–Crippen LogP) is -0.0664. The molecule has 0 aliphatic carbocycles. The van der Waals surface area contributed by atoms with E-state index in [1.807, 2.05) is 0 Å². The van der Waals surface area contributed by atoms with Crippen molar-refractivity contribution in [2.75, 3.05) is 0 Å². The molecule has 0 fully saturated rings. The Labute approximate surface area is 73.7 Å². The zero-order valence-corrected chi connectivity index (χ0v) is 7.31. The van der Waals surface area contributed by atoms with Crippen molar-refractivity contribution in [2.24, 2.45) is 0 Å². The van der Waals surface area contributed by atoms with Gasteiger partial charge in [-0.25, -0.2) is 9.59 Å². The van der Waals surface area contributed by atoms with Gasteiger partial charge in [0.05, 0.1) is 0 Å². The number of ether oxygens (including phenoxy) is 1. The van der Waals surface area contributed by atoms with Crippen molar-refractivity contribution in [3.05, 3.63) is 24.5 Å². The summed E-state index contributed by atoms with van der Waals surface area (Å²) >= 11 is 0. The Kier molecular flexibility index (Phi) is 4.27. The van der Waals surface area contributed by atoms with Gasteiger partial charge in [0.15, 0.2) is 0 Å². The third-order valence-corrected chi connectivity index (χ3v) is 1.27. The summed E-state index contributed by atoms with van der Waals surface area (Å²) in [7, 11) is -3.88. The Hall–Kier alpha value is -1.23. The van der Waals surface area contributed by atoms with E-state index in [0.717, 1.165) is 12.2 Å². The maximum atomic E-state index is 9.92. The van der Waals surface area contributed by atoms with E-state index in [0.29, 0.717) is 5.82 Å². The van der Waals surface area contributed by atoms with Gasteiger partial charge < -0.3 is 14.5 Å². The van der Waals surface area contributed by atoms with Gasteiger partial charge in [-0.05, 0) is 0 Å². The van der Waals surface area contributed by atoms with Gasteiger partial charge in [0, 0.05) is 18.0 Å². The lowest BCUT2D eigenvalue weighted by Gasteiger charge is -1.87. The summed E-state index contributed by atoms with van der Waals surface area (Å²) in [4.78, 5) is 35.5. The molecule has 13 heavy (non-hydrogen) atoms. The molecule has 0 aromatic carbocycles. The van der Waals surface area contributed by atoms with Crippen LogP contribution in [0.4, 0.5) is 0 Å². The Morgan fingerprint density at radius 2 is 1.62 bits per heavy atom. The molecule has 1 rings (SSSR count). The Balaban J connectivity index is 0.000000226. The molecule has 0 radical (unpaired) electrons. The normalized spacial score (nSPS) is 14.6. The summed E-state index contributed by atoms with van der Waals surface area (Å²) in [6.45, 7) is 2.87. The van der Waals surface area contributed by atoms with Crippen LogP contribution in [0.25, 0.3) is 0 Å². The van der Waals surface area contributed by atoms with E-state index in [-0.39, 0.29) is 0 Å². The number of carbonyl (C=O) groups is 2. The number of rotatable bonds is 1. The van der Waals surface area contributed by atoms with E-state index >= 15 is 0 Å². The average Bonchev–Trinajstić information content (AvgIpc) is 2.34. The van der Waals surface area contributed by atoms with Gasteiger partial charge >= 0.3 is 19.5 Å². The molecule has 0 amide bonds. The minimum Gasteiger partial charge on any atom is -0.387 e. The molecule has 1 aliphatic rings. The lowest BCUT2D eigenvalue weighted by Crippen LogP contribution is -1.96. The third kappa shape index (κ3) is 7.14. The van der Waals surface area contributed by atoms with Crippen LogP contribution in [0.3, 0.4) is 0 Å². The fraction of sp³-hybridized carbons (Fsp3) is 0. The highest BCUT2D eigenvalue weighted by Crippen LogP contribution is 2.34. The molecule has 0 aromatic rings. The van der Waals surface area contributed by atoms with Crippen molar-refractivity contribution in [1.29, 1.82) is 0 Å². The highest BCUT2D eigenvalue weighted by Gasteiger charge is 2.10. The van der Waals surface area contributed by atoms with Crippen LogP contribution in [0.2, 0.25) is 0 Å². The van der Waals surface area contributed by atoms with Crippen molar-refractivity contribution >= 4 is 19.5 Å². The molecule has 7 heteroatoms. The zero-order valence-electron chi connectivity index (χ0n) is 6.41. The molecule has 72 valence electrons. The van der Waals surface area contributed by atoms with Gasteiger partial charge in [-0.15, -0.1) is 0 Å². The van der Waals surface area contributed by atoms with Crippen molar-refractivity contribution < 1.29 is 28.7 Å². The quantitative estimate of drug-likeness (QED) is 0.354. The van der Waals surface area contributed by atoms with Crippen LogP contribution in [-0.4, -0.2) is 21.7 Å². The topological polar surface area (TPSA) is 101 Å². The molecule has 2 N–H and O–H groups in total. The molecule has 6 nitrogen and oxygen atoms in total. The fourth-order valence-corrected chi connectivity index (χ4v) is 0.303. The van der Waals surface area contributed by atoms with E-state index in [1.165, 1.54) is 0 Å². The van der Waals surface area contributed by atoms with Crippen LogP contribution in [0.5, 0.6) is 0 Å². The van der Waals surface area contributed by atoms with E-state index in [4.69, 9.17) is 9.79 Å². The summed E-state index contributed by atoms with van der Waals surface area (Å²) < 4.78 is 13.5. The molecule has 0 unspecified atom stereocenters. The summed E-state index contributed by atoms with van der Waals surface area (Å²) in [6, 6.07) is 0. The van der Waals surface area contributed by atoms with Gasteiger partial charge in [0.2, 0.25) is 0 Å². The molecule has 0 bridgehead atoms. The summed E-state index contributed by atoms with van der Waals surface area (Å²) in [5.74, 6) is -0.553. The van der Waals surface area contributed by atoms with E-state index in [1.54, 1.807) is 0 Å². The van der Waals surface area contributed by atoms with Gasteiger partial charge in [0.25, 0.3) is 0 Å². The van der Waals surface area contributed by atoms with Crippen molar-refractivity contribution in [3.63, 3.8) is 0 Å². The first-order valence-corrected chi connectivity index (χ1v) is 4.66. The summed E-state index contributed by atoms with van der Waals surface area (Å²) in [5, 5.41) is 0. The number of cyclic esters (lactones) is 2. The van der Waals surface area contributed by atoms with Gasteiger partial charge in [-0.3, -0.25) is 4.57 Å². The fourth-order valence-electron chi connectivity index (χ4n) is 0.303. The highest BCUT2D eigenvalue weighted by atomic mass is 31.2. The molecule has 0 saturated heterocycles. The van der Waals surface area contributed by atoms with Gasteiger partial charge in [-0.2, -0.15) is 0 Å². The first-order chi connectivity index (χ1) is 5.85. The van der Waals surface area contributed by atoms with E-state index in [2.05, 4.69) is 11.3 Å². The van der Waals surface area contributed by atoms with Gasteiger partial charge in [0.1, 0.15) is 0 Å². The molecular formula is C6H7O6P. The molecule has 0 saturated carbocycles. The van der Waals surface area contributed by atoms with Gasteiger partial charge in [-0.1, -0.05) is 6.58 Å². The monoisotopic (exact) mass is 206 g/mol. The Morgan fingerprint density at radius 1 is 1.31 bits per heavy atom. The zero-order chi connectivity index (χ0) is 10.5. The van der Waals surface area contributed by atoms with Crippen LogP contribution in [0, 0.1) is 0 Å². The van der Waals surface area contributed by atoms with Crippen LogP contribution in [-0.2, 0) is 18.9 Å². The largest absolute Gasteiger partial charge is 0.387 e. The molecule has 1 heterocycles. The van der Waals surface area contributed by atoms with Crippen LogP contribution in [0.15, 0.2) is 24.5 Å². The summed E-state index contributed by atoms with van der Waals surface area (Å²) in [5.41, 5.74) is 0. The van der Waals surface area contributed by atoms with Crippen molar-refractivity contribution in [3.8, 4) is 0 Å². The Bertz CT molecular complexity index is 282. The average molecular weight is 206 g/mol. The predicted molar refractivity (Wildman–Crippen MR) is 42.5 cm³/mol. The van der Waals surface area contributed by atoms with Crippen LogP contribution in [0.1, 0.15) is 0 Å². The first kappa shape index (κ1) is 11.8. The molecule has 0 aromatic heterocycles. The lowest BCUT2D eigenvalue weighted by molar-refractivity contribution is -0.150. The standard InChI is InChI=1S/C4H2O3.C2H5O3P/c5-3-1-2-4(6)7-3;1-2-6(3,4)5/h1-2H;2H,1H2,(H2,3,4,5). The number of hydrogen-bond donors (Lipinski definition) is 2. The summed E-state index contributed by atoms with van der Waals surface area (Å²) in [6.07, 6.45) is 2.17. The minimum absolute atomic E-state index is 0.579. The molecule has 1 aliphatic heterocycles. The Morgan fingerprint density at radius 3 is 1.69 bits per heavy atom. The van der Waals surface area contributed by atoms with Crippen molar-refractivity contribution in [1.82, 2.24) is 0 Å². The van der Waals surface area contributed by atoms with Crippen LogP contribution < -0.4 is 0 Å². The maximum Gasteiger partial charge on any atom is 0.348 e. The van der Waals surface area contributed by atoms with Crippen LogP contribution >= 0.6 is 7.60 Å². The molecule has 0 atom stereocenters. The minimum atomic E-state index is -3.88. The number of carbonyl (C=O) groups excluding carboxylic acids is 2. The number of hydrogen-bond acceptors (Lipinski definition) is 4. The maximum absolute atomic E-state index is 9.92. The second-order valence-corrected chi connectivity index (χ2v) is 3.39. The second kappa shape index (κ2) is 4.71. The lowest BCUT2D eigenvalue weighted by atomic mass is 10.6. The smallest absolute Gasteiger partial charge is 0.348 e. The van der Waals surface area contributed by atoms with E-state index < -0.39 is 19.5 Å².